The van der Waals surface area contributed by atoms with Gasteiger partial charge in [-0.15, -0.1) is 0 Å². The van der Waals surface area contributed by atoms with Gasteiger partial charge in [-0.25, -0.2) is 0 Å². The van der Waals surface area contributed by atoms with Crippen molar-refractivity contribution in [3.8, 4) is 5.75 Å². The van der Waals surface area contributed by atoms with E-state index in [0.717, 1.165) is 18.8 Å². The molecule has 4 nitrogen and oxygen atoms in total. The maximum atomic E-state index is 12.0. The van der Waals surface area contributed by atoms with Crippen LogP contribution in [-0.4, -0.2) is 25.3 Å². The Morgan fingerprint density at radius 1 is 1.00 bits per heavy atom. The Labute approximate surface area is 133 Å². The fraction of sp³-hybridized carbons (Fsp3) is 0.556. The Kier molecular flexibility index (Phi) is 8.96. The number of hydrogen-bond acceptors (Lipinski definition) is 3. The summed E-state index contributed by atoms with van der Waals surface area (Å²) >= 11 is 0. The van der Waals surface area contributed by atoms with Gasteiger partial charge in [0.15, 0.2) is 5.78 Å². The molecule has 1 rings (SSSR count). The van der Waals surface area contributed by atoms with Crippen molar-refractivity contribution < 1.29 is 14.3 Å². The lowest BCUT2D eigenvalue weighted by molar-refractivity contribution is -0.120. The number of benzene rings is 1. The second kappa shape index (κ2) is 10.8. The lowest BCUT2D eigenvalue weighted by atomic mass is 10.1. The summed E-state index contributed by atoms with van der Waals surface area (Å²) in [5, 5.41) is 2.55. The number of carbonyl (C=O) groups excluding carboxylic acids is 2. The van der Waals surface area contributed by atoms with E-state index in [1.807, 2.05) is 12.1 Å². The number of Topliss-reactive ketones (excluding diaryl/α,β-unsaturated/α-hetero) is 1. The molecule has 0 saturated heterocycles. The molecule has 0 fully saturated rings. The molecule has 0 aliphatic rings. The highest BCUT2D eigenvalue weighted by Crippen LogP contribution is 2.15. The molecule has 1 amide bonds. The van der Waals surface area contributed by atoms with Crippen LogP contribution in [-0.2, 0) is 4.79 Å². The molecule has 0 aliphatic carbocycles. The second-order valence-electron chi connectivity index (χ2n) is 5.38. The van der Waals surface area contributed by atoms with Gasteiger partial charge in [0.1, 0.15) is 5.75 Å². The van der Waals surface area contributed by atoms with E-state index in [2.05, 4.69) is 12.2 Å². The number of ether oxygens (including phenoxy) is 1. The molecule has 0 saturated carbocycles. The van der Waals surface area contributed by atoms with Crippen molar-refractivity contribution in [3.05, 3.63) is 29.8 Å². The summed E-state index contributed by atoms with van der Waals surface area (Å²) in [5.74, 6) is 0.844. The summed E-state index contributed by atoms with van der Waals surface area (Å²) in [5.41, 5.74) is 0.676. The Bertz CT molecular complexity index is 454. The molecular formula is C18H27NO3. The van der Waals surface area contributed by atoms with E-state index in [1.165, 1.54) is 19.3 Å². The monoisotopic (exact) mass is 305 g/mol. The minimum absolute atomic E-state index is 0.0281. The number of unbranched alkanes of at least 4 members (excludes halogenated alkanes) is 3. The van der Waals surface area contributed by atoms with Crippen LogP contribution in [0.1, 0.15) is 62.2 Å². The molecule has 0 radical (unpaired) electrons. The zero-order chi connectivity index (χ0) is 16.2. The molecule has 0 spiro atoms. The molecule has 4 heteroatoms. The summed E-state index contributed by atoms with van der Waals surface area (Å²) in [7, 11) is 1.60. The van der Waals surface area contributed by atoms with E-state index >= 15 is 0 Å². The third kappa shape index (κ3) is 7.25. The first kappa shape index (κ1) is 18.2. The predicted octanol–water partition coefficient (Wildman–Crippen LogP) is 3.74. The van der Waals surface area contributed by atoms with E-state index in [-0.39, 0.29) is 11.7 Å². The SMILES string of the molecule is CCCCCCOc1ccc(C(=O)CCCC(=O)NC)cc1. The van der Waals surface area contributed by atoms with Crippen molar-refractivity contribution in [1.29, 1.82) is 0 Å². The summed E-state index contributed by atoms with van der Waals surface area (Å²) in [6.45, 7) is 2.91. The van der Waals surface area contributed by atoms with Crippen LogP contribution in [0.15, 0.2) is 24.3 Å². The zero-order valence-corrected chi connectivity index (χ0v) is 13.7. The topological polar surface area (TPSA) is 55.4 Å². The van der Waals surface area contributed by atoms with Crippen LogP contribution in [0.5, 0.6) is 5.75 Å². The first-order valence-electron chi connectivity index (χ1n) is 8.14. The fourth-order valence-electron chi connectivity index (χ4n) is 2.13. The molecule has 1 aromatic rings. The minimum Gasteiger partial charge on any atom is -0.494 e. The van der Waals surface area contributed by atoms with Crippen LogP contribution in [0.4, 0.5) is 0 Å². The zero-order valence-electron chi connectivity index (χ0n) is 13.7. The van der Waals surface area contributed by atoms with Crippen molar-refractivity contribution in [3.63, 3.8) is 0 Å². The van der Waals surface area contributed by atoms with E-state index in [4.69, 9.17) is 4.74 Å². The van der Waals surface area contributed by atoms with E-state index < -0.39 is 0 Å². The first-order chi connectivity index (χ1) is 10.7. The van der Waals surface area contributed by atoms with Crippen LogP contribution in [0.2, 0.25) is 0 Å². The van der Waals surface area contributed by atoms with Crippen LogP contribution < -0.4 is 10.1 Å². The van der Waals surface area contributed by atoms with Gasteiger partial charge in [-0.2, -0.15) is 0 Å². The molecule has 22 heavy (non-hydrogen) atoms. The lowest BCUT2D eigenvalue weighted by Gasteiger charge is -2.07. The van der Waals surface area contributed by atoms with Gasteiger partial charge in [-0.1, -0.05) is 26.2 Å². The van der Waals surface area contributed by atoms with Gasteiger partial charge in [-0.05, 0) is 37.1 Å². The summed E-state index contributed by atoms with van der Waals surface area (Å²) < 4.78 is 5.65. The third-order valence-corrected chi connectivity index (χ3v) is 3.53. The number of hydrogen-bond donors (Lipinski definition) is 1. The highest BCUT2D eigenvalue weighted by atomic mass is 16.5. The van der Waals surface area contributed by atoms with Gasteiger partial charge in [0, 0.05) is 25.5 Å². The first-order valence-corrected chi connectivity index (χ1v) is 8.14. The summed E-state index contributed by atoms with van der Waals surface area (Å²) in [6, 6.07) is 7.27. The Morgan fingerprint density at radius 2 is 1.73 bits per heavy atom. The van der Waals surface area contributed by atoms with Gasteiger partial charge in [-0.3, -0.25) is 9.59 Å². The number of carbonyl (C=O) groups is 2. The van der Waals surface area contributed by atoms with Crippen molar-refractivity contribution in [2.24, 2.45) is 0 Å². The van der Waals surface area contributed by atoms with Crippen LogP contribution in [0.3, 0.4) is 0 Å². The normalized spacial score (nSPS) is 10.3. The average molecular weight is 305 g/mol. The summed E-state index contributed by atoms with van der Waals surface area (Å²) in [6.07, 6.45) is 6.08. The number of rotatable bonds is 11. The minimum atomic E-state index is -0.0281. The van der Waals surface area contributed by atoms with Crippen molar-refractivity contribution in [1.82, 2.24) is 5.32 Å². The van der Waals surface area contributed by atoms with Crippen molar-refractivity contribution >= 4 is 11.7 Å². The molecule has 1 N–H and O–H groups in total. The smallest absolute Gasteiger partial charge is 0.219 e. The Morgan fingerprint density at radius 3 is 2.36 bits per heavy atom. The van der Waals surface area contributed by atoms with E-state index in [1.54, 1.807) is 19.2 Å². The Hall–Kier alpha value is -1.84. The highest BCUT2D eigenvalue weighted by molar-refractivity contribution is 5.96. The van der Waals surface area contributed by atoms with Gasteiger partial charge in [0.2, 0.25) is 5.91 Å². The molecular weight excluding hydrogens is 278 g/mol. The van der Waals surface area contributed by atoms with Crippen LogP contribution >= 0.6 is 0 Å². The maximum Gasteiger partial charge on any atom is 0.219 e. The maximum absolute atomic E-state index is 12.0. The standard InChI is InChI=1S/C18H27NO3/c1-3-4-5-6-14-22-16-12-10-15(11-13-16)17(20)8-7-9-18(21)19-2/h10-13H,3-9,14H2,1-2H3,(H,19,21). The highest BCUT2D eigenvalue weighted by Gasteiger charge is 2.07. The van der Waals surface area contributed by atoms with Crippen LogP contribution in [0, 0.1) is 0 Å². The second-order valence-corrected chi connectivity index (χ2v) is 5.38. The van der Waals surface area contributed by atoms with Crippen molar-refractivity contribution in [2.45, 2.75) is 51.9 Å². The van der Waals surface area contributed by atoms with Crippen molar-refractivity contribution in [2.75, 3.05) is 13.7 Å². The molecule has 0 aliphatic heterocycles. The lowest BCUT2D eigenvalue weighted by Crippen LogP contribution is -2.17. The average Bonchev–Trinajstić information content (AvgIpc) is 2.55. The number of ketones is 1. The molecule has 0 unspecified atom stereocenters. The van der Waals surface area contributed by atoms with E-state index in [0.29, 0.717) is 24.8 Å². The fourth-order valence-corrected chi connectivity index (χ4v) is 2.13. The quantitative estimate of drug-likeness (QED) is 0.500. The molecule has 0 heterocycles. The third-order valence-electron chi connectivity index (χ3n) is 3.53. The largest absolute Gasteiger partial charge is 0.494 e. The van der Waals surface area contributed by atoms with Crippen LogP contribution in [0.25, 0.3) is 0 Å². The molecule has 122 valence electrons. The summed E-state index contributed by atoms with van der Waals surface area (Å²) in [4.78, 5) is 23.1. The number of nitrogens with one attached hydrogen (secondary N) is 1. The number of amides is 1. The molecule has 1 aromatic carbocycles. The van der Waals surface area contributed by atoms with Gasteiger partial charge in [0.25, 0.3) is 0 Å². The predicted molar refractivity (Wildman–Crippen MR) is 88.3 cm³/mol. The van der Waals surface area contributed by atoms with Gasteiger partial charge >= 0.3 is 0 Å². The van der Waals surface area contributed by atoms with Gasteiger partial charge < -0.3 is 10.1 Å². The Balaban J connectivity index is 2.31. The van der Waals surface area contributed by atoms with Gasteiger partial charge in [0.05, 0.1) is 6.61 Å². The molecule has 0 bridgehead atoms. The molecule has 0 atom stereocenters. The molecule has 0 aromatic heterocycles. The van der Waals surface area contributed by atoms with E-state index in [9.17, 15) is 9.59 Å².